The van der Waals surface area contributed by atoms with Gasteiger partial charge in [0.15, 0.2) is 0 Å². The predicted octanol–water partition coefficient (Wildman–Crippen LogP) is 2.03. The number of ether oxygens (including phenoxy) is 2. The highest BCUT2D eigenvalue weighted by molar-refractivity contribution is 5.78. The third kappa shape index (κ3) is 6.54. The quantitative estimate of drug-likeness (QED) is 0.609. The van der Waals surface area contributed by atoms with Crippen molar-refractivity contribution >= 4 is 5.91 Å². The molecule has 0 aromatic heterocycles. The number of amides is 1. The molecule has 2 bridgehead atoms. The van der Waals surface area contributed by atoms with E-state index in [2.05, 4.69) is 21.2 Å². The van der Waals surface area contributed by atoms with Crippen LogP contribution in [0.4, 0.5) is 0 Å². The molecule has 7 heteroatoms. The minimum Gasteiger partial charge on any atom is -0.494 e. The molecule has 2 saturated heterocycles. The summed E-state index contributed by atoms with van der Waals surface area (Å²) in [5.41, 5.74) is 1.61. The fourth-order valence-electron chi connectivity index (χ4n) is 4.32. The summed E-state index contributed by atoms with van der Waals surface area (Å²) in [5, 5.41) is 11.8. The average molecular weight is 435 g/mol. The van der Waals surface area contributed by atoms with Crippen molar-refractivity contribution in [1.29, 1.82) is 5.26 Å². The van der Waals surface area contributed by atoms with E-state index >= 15 is 0 Å². The van der Waals surface area contributed by atoms with Crippen molar-refractivity contribution in [1.82, 2.24) is 15.1 Å². The molecule has 2 aromatic rings. The van der Waals surface area contributed by atoms with Crippen LogP contribution in [0.2, 0.25) is 0 Å². The van der Waals surface area contributed by atoms with E-state index in [0.717, 1.165) is 50.5 Å². The number of nitriles is 1. The molecule has 1 amide bonds. The fourth-order valence-corrected chi connectivity index (χ4v) is 4.32. The number of hydrogen-bond acceptors (Lipinski definition) is 6. The highest BCUT2D eigenvalue weighted by atomic mass is 16.5. The van der Waals surface area contributed by atoms with Crippen molar-refractivity contribution in [3.05, 3.63) is 65.7 Å². The van der Waals surface area contributed by atoms with Crippen LogP contribution in [0.15, 0.2) is 54.6 Å². The molecule has 32 heavy (non-hydrogen) atoms. The first kappa shape index (κ1) is 22.3. The predicted molar refractivity (Wildman–Crippen MR) is 121 cm³/mol. The molecule has 0 saturated carbocycles. The molecule has 2 fully saturated rings. The maximum atomic E-state index is 12.4. The van der Waals surface area contributed by atoms with Crippen molar-refractivity contribution in [3.63, 3.8) is 0 Å². The van der Waals surface area contributed by atoms with Gasteiger partial charge in [0.25, 0.3) is 0 Å². The van der Waals surface area contributed by atoms with Crippen LogP contribution in [-0.2, 0) is 16.1 Å². The third-order valence-corrected chi connectivity index (χ3v) is 5.80. The standard InChI is InChI=1S/C25H30N4O3/c26-13-20-7-9-21(10-8-20)14-27-25(30)19-29-17-23-15-28(16-24(18-29)32-23)11-4-12-31-22-5-2-1-3-6-22/h1-3,5-10,23-24H,4,11-12,14-19H2,(H,27,30). The second-order valence-electron chi connectivity index (χ2n) is 8.43. The zero-order valence-electron chi connectivity index (χ0n) is 18.3. The number of morpholine rings is 2. The van der Waals surface area contributed by atoms with E-state index in [1.54, 1.807) is 12.1 Å². The minimum atomic E-state index is 0.0178. The summed E-state index contributed by atoms with van der Waals surface area (Å²) in [7, 11) is 0. The normalized spacial score (nSPS) is 21.0. The Morgan fingerprint density at radius 3 is 2.41 bits per heavy atom. The number of carbonyl (C=O) groups is 1. The molecule has 1 N–H and O–H groups in total. The van der Waals surface area contributed by atoms with Gasteiger partial charge in [0.1, 0.15) is 5.75 Å². The summed E-state index contributed by atoms with van der Waals surface area (Å²) >= 11 is 0. The molecule has 2 heterocycles. The number of carbonyl (C=O) groups excluding carboxylic acids is 1. The Kier molecular flexibility index (Phi) is 7.73. The van der Waals surface area contributed by atoms with Crippen LogP contribution < -0.4 is 10.1 Å². The van der Waals surface area contributed by atoms with Crippen molar-refractivity contribution in [3.8, 4) is 11.8 Å². The molecule has 2 aromatic carbocycles. The van der Waals surface area contributed by atoms with Crippen LogP contribution in [-0.4, -0.2) is 73.8 Å². The Labute approximate surface area is 189 Å². The van der Waals surface area contributed by atoms with Gasteiger partial charge in [-0.25, -0.2) is 0 Å². The average Bonchev–Trinajstić information content (AvgIpc) is 2.81. The summed E-state index contributed by atoms with van der Waals surface area (Å²) in [6.07, 6.45) is 1.27. The van der Waals surface area contributed by atoms with Gasteiger partial charge >= 0.3 is 0 Å². The molecule has 0 spiro atoms. The fraction of sp³-hybridized carbons (Fsp3) is 0.440. The van der Waals surface area contributed by atoms with E-state index in [1.807, 2.05) is 42.5 Å². The molecule has 7 nitrogen and oxygen atoms in total. The van der Waals surface area contributed by atoms with Crippen molar-refractivity contribution in [2.75, 3.05) is 45.9 Å². The Morgan fingerprint density at radius 2 is 1.72 bits per heavy atom. The first-order valence-corrected chi connectivity index (χ1v) is 11.2. The minimum absolute atomic E-state index is 0.0178. The monoisotopic (exact) mass is 434 g/mol. The third-order valence-electron chi connectivity index (χ3n) is 5.80. The second kappa shape index (κ2) is 11.1. The number of rotatable bonds is 9. The lowest BCUT2D eigenvalue weighted by molar-refractivity contribution is -0.145. The SMILES string of the molecule is N#Cc1ccc(CNC(=O)CN2CC3CN(CCCOc4ccccc4)CC(C2)O3)cc1. The molecule has 4 rings (SSSR count). The van der Waals surface area contributed by atoms with Gasteiger partial charge in [-0.2, -0.15) is 5.26 Å². The van der Waals surface area contributed by atoms with Gasteiger partial charge in [-0.05, 0) is 36.2 Å². The molecular weight excluding hydrogens is 404 g/mol. The summed E-state index contributed by atoms with van der Waals surface area (Å²) in [4.78, 5) is 17.1. The van der Waals surface area contributed by atoms with Crippen LogP contribution in [0.3, 0.4) is 0 Å². The van der Waals surface area contributed by atoms with Gasteiger partial charge in [-0.3, -0.25) is 14.6 Å². The van der Waals surface area contributed by atoms with Crippen LogP contribution >= 0.6 is 0 Å². The van der Waals surface area contributed by atoms with Gasteiger partial charge < -0.3 is 14.8 Å². The molecule has 168 valence electrons. The topological polar surface area (TPSA) is 77.8 Å². The zero-order chi connectivity index (χ0) is 22.2. The van der Waals surface area contributed by atoms with Crippen LogP contribution in [0.25, 0.3) is 0 Å². The molecule has 0 aliphatic carbocycles. The van der Waals surface area contributed by atoms with E-state index in [4.69, 9.17) is 14.7 Å². The second-order valence-corrected chi connectivity index (χ2v) is 8.43. The van der Waals surface area contributed by atoms with E-state index in [1.165, 1.54) is 0 Å². The highest BCUT2D eigenvalue weighted by Gasteiger charge is 2.35. The smallest absolute Gasteiger partial charge is 0.234 e. The first-order chi connectivity index (χ1) is 15.7. The maximum Gasteiger partial charge on any atom is 0.234 e. The Morgan fingerprint density at radius 1 is 1.03 bits per heavy atom. The highest BCUT2D eigenvalue weighted by Crippen LogP contribution is 2.19. The van der Waals surface area contributed by atoms with Crippen molar-refractivity contribution in [2.45, 2.75) is 25.2 Å². The van der Waals surface area contributed by atoms with Gasteiger partial charge in [-0.1, -0.05) is 30.3 Å². The van der Waals surface area contributed by atoms with Gasteiger partial charge in [0.05, 0.1) is 37.0 Å². The van der Waals surface area contributed by atoms with E-state index in [0.29, 0.717) is 25.3 Å². The maximum absolute atomic E-state index is 12.4. The molecule has 2 unspecified atom stereocenters. The van der Waals surface area contributed by atoms with Crippen molar-refractivity contribution < 1.29 is 14.3 Å². The van der Waals surface area contributed by atoms with E-state index < -0.39 is 0 Å². The number of hydrogen-bond donors (Lipinski definition) is 1. The number of para-hydroxylation sites is 1. The number of benzene rings is 2. The molecule has 2 aliphatic heterocycles. The molecule has 0 radical (unpaired) electrons. The van der Waals surface area contributed by atoms with Crippen LogP contribution in [0, 0.1) is 11.3 Å². The summed E-state index contributed by atoms with van der Waals surface area (Å²) in [5.74, 6) is 0.934. The lowest BCUT2D eigenvalue weighted by Gasteiger charge is -2.45. The summed E-state index contributed by atoms with van der Waals surface area (Å²) in [6.45, 7) is 5.90. The van der Waals surface area contributed by atoms with E-state index in [9.17, 15) is 4.79 Å². The number of nitrogens with zero attached hydrogens (tertiary/aromatic N) is 3. The zero-order valence-corrected chi connectivity index (χ0v) is 18.3. The van der Waals surface area contributed by atoms with Gasteiger partial charge in [-0.15, -0.1) is 0 Å². The largest absolute Gasteiger partial charge is 0.494 e. The van der Waals surface area contributed by atoms with Crippen LogP contribution in [0.5, 0.6) is 5.75 Å². The molecule has 2 atom stereocenters. The Balaban J connectivity index is 1.14. The molecule has 2 aliphatic rings. The Bertz CT molecular complexity index is 899. The van der Waals surface area contributed by atoms with Gasteiger partial charge in [0.2, 0.25) is 5.91 Å². The summed E-state index contributed by atoms with van der Waals surface area (Å²) in [6, 6.07) is 19.3. The first-order valence-electron chi connectivity index (χ1n) is 11.2. The summed E-state index contributed by atoms with van der Waals surface area (Å²) < 4.78 is 11.9. The van der Waals surface area contributed by atoms with Gasteiger partial charge in [0, 0.05) is 39.3 Å². The van der Waals surface area contributed by atoms with E-state index in [-0.39, 0.29) is 18.1 Å². The molecular formula is C25H30N4O3. The van der Waals surface area contributed by atoms with Crippen LogP contribution in [0.1, 0.15) is 17.5 Å². The number of fused-ring (bicyclic) bond motifs is 2. The lowest BCUT2D eigenvalue weighted by Crippen LogP contribution is -2.60. The van der Waals surface area contributed by atoms with Crippen molar-refractivity contribution in [2.24, 2.45) is 0 Å². The Hall–Kier alpha value is -2.92. The lowest BCUT2D eigenvalue weighted by atomic mass is 10.1. The number of nitrogens with one attached hydrogen (secondary N) is 1.